The molecule has 0 aromatic carbocycles. The van der Waals surface area contributed by atoms with Crippen LogP contribution in [0.25, 0.3) is 0 Å². The smallest absolute Gasteiger partial charge is 0.306 e. The minimum absolute atomic E-state index is 0.0262. The molecule has 0 aliphatic heterocycles. The van der Waals surface area contributed by atoms with Gasteiger partial charge in [0.1, 0.15) is 6.10 Å². The molecule has 0 saturated carbocycles. The Bertz CT molecular complexity index is 1280. The minimum Gasteiger partial charge on any atom is -0.462 e. The summed E-state index contributed by atoms with van der Waals surface area (Å²) in [6.07, 6.45) is 65.7. The summed E-state index contributed by atoms with van der Waals surface area (Å²) in [5.41, 5.74) is 0. The summed E-state index contributed by atoms with van der Waals surface area (Å²) in [4.78, 5) is 26.1. The van der Waals surface area contributed by atoms with Crippen molar-refractivity contribution in [1.29, 1.82) is 0 Å². The summed E-state index contributed by atoms with van der Waals surface area (Å²) in [5.74, 6) is -0.574. The number of rotatable bonds is 43. The molecule has 0 bridgehead atoms. The fourth-order valence-electron chi connectivity index (χ4n) is 7.00. The van der Waals surface area contributed by atoms with E-state index in [2.05, 4.69) is 80.8 Å². The monoisotopic (exact) mass is 860 g/mol. The topological polar surface area (TPSA) is 95.9 Å². The van der Waals surface area contributed by atoms with Crippen LogP contribution in [0.5, 0.6) is 0 Å². The van der Waals surface area contributed by atoms with Gasteiger partial charge in [0.15, 0.2) is 0 Å². The van der Waals surface area contributed by atoms with Crippen molar-refractivity contribution in [3.8, 4) is 0 Å². The minimum atomic E-state index is -0.812. The largest absolute Gasteiger partial charge is 0.462 e. The average molecular weight is 860 g/mol. The summed E-state index contributed by atoms with van der Waals surface area (Å²) >= 11 is 0. The normalized spacial score (nSPS) is 14.2. The van der Waals surface area contributed by atoms with Crippen LogP contribution in [0.1, 0.15) is 207 Å². The lowest BCUT2D eigenvalue weighted by molar-refractivity contribution is -0.151. The highest BCUT2D eigenvalue weighted by molar-refractivity contribution is 5.77. The first-order chi connectivity index (χ1) is 30.5. The lowest BCUT2D eigenvalue weighted by Crippen LogP contribution is -2.46. The second kappa shape index (κ2) is 48.6. The molecule has 0 aromatic rings. The Morgan fingerprint density at radius 1 is 0.500 bits per heavy atom. The molecule has 3 unspecified atom stereocenters. The van der Waals surface area contributed by atoms with Crippen LogP contribution in [0.3, 0.4) is 0 Å². The maximum atomic E-state index is 13.2. The Hall–Kier alpha value is -3.48. The number of carbonyl (C=O) groups is 2. The predicted molar refractivity (Wildman–Crippen MR) is 268 cm³/mol. The summed E-state index contributed by atoms with van der Waals surface area (Å²) in [7, 11) is 0. The second-order valence-electron chi connectivity index (χ2n) is 16.6. The van der Waals surface area contributed by atoms with Gasteiger partial charge in [0, 0.05) is 6.42 Å². The lowest BCUT2D eigenvalue weighted by atomic mass is 10.0. The zero-order valence-electron chi connectivity index (χ0n) is 40.0. The molecule has 0 saturated heterocycles. The molecule has 1 amide bonds. The van der Waals surface area contributed by atoms with Crippen LogP contribution in [-0.2, 0) is 14.3 Å². The van der Waals surface area contributed by atoms with Crippen molar-refractivity contribution >= 4 is 11.9 Å². The van der Waals surface area contributed by atoms with Gasteiger partial charge in [0.05, 0.1) is 25.2 Å². The van der Waals surface area contributed by atoms with Gasteiger partial charge in [-0.25, -0.2) is 0 Å². The molecule has 3 atom stereocenters. The molecule has 6 nitrogen and oxygen atoms in total. The van der Waals surface area contributed by atoms with Crippen molar-refractivity contribution in [3.63, 3.8) is 0 Å². The molecule has 0 aliphatic rings. The van der Waals surface area contributed by atoms with Crippen molar-refractivity contribution in [2.24, 2.45) is 0 Å². The van der Waals surface area contributed by atoms with Gasteiger partial charge in [-0.15, -0.1) is 0 Å². The molecule has 0 fully saturated rings. The number of hydrogen-bond donors (Lipinski definition) is 3. The van der Waals surface area contributed by atoms with Gasteiger partial charge in [0.2, 0.25) is 5.91 Å². The summed E-state index contributed by atoms with van der Waals surface area (Å²) in [6, 6.07) is -0.730. The molecule has 0 spiro atoms. The number of aliphatic hydroxyl groups is 2. The first-order valence-corrected chi connectivity index (χ1v) is 25.2. The van der Waals surface area contributed by atoms with Crippen LogP contribution in [-0.4, -0.2) is 46.9 Å². The molecule has 3 N–H and O–H groups in total. The van der Waals surface area contributed by atoms with E-state index >= 15 is 0 Å². The number of unbranched alkanes of at least 4 members (excludes halogenated alkanes) is 18. The number of hydrogen-bond acceptors (Lipinski definition) is 5. The van der Waals surface area contributed by atoms with E-state index in [0.717, 1.165) is 89.9 Å². The van der Waals surface area contributed by atoms with Crippen LogP contribution in [0, 0.1) is 0 Å². The number of carbonyl (C=O) groups excluding carboxylic acids is 2. The molecular formula is C56H93NO5. The van der Waals surface area contributed by atoms with E-state index in [9.17, 15) is 19.8 Å². The van der Waals surface area contributed by atoms with E-state index in [1.165, 1.54) is 70.6 Å². The summed E-state index contributed by atoms with van der Waals surface area (Å²) in [5, 5.41) is 23.7. The molecule has 0 rings (SSSR count). The molecule has 0 aliphatic carbocycles. The van der Waals surface area contributed by atoms with Crippen molar-refractivity contribution in [3.05, 3.63) is 109 Å². The average Bonchev–Trinajstić information content (AvgIpc) is 3.26. The second-order valence-corrected chi connectivity index (χ2v) is 16.6. The summed E-state index contributed by atoms with van der Waals surface area (Å²) in [6.45, 7) is 6.19. The van der Waals surface area contributed by atoms with Crippen molar-refractivity contribution in [2.45, 2.75) is 225 Å². The molecule has 352 valence electrons. The van der Waals surface area contributed by atoms with Crippen LogP contribution in [0.2, 0.25) is 0 Å². The highest BCUT2D eigenvalue weighted by Crippen LogP contribution is 2.17. The predicted octanol–water partition coefficient (Wildman–Crippen LogP) is 15.1. The van der Waals surface area contributed by atoms with Gasteiger partial charge in [-0.05, 0) is 77.0 Å². The molecule has 0 heterocycles. The number of allylic oxidation sites excluding steroid dienone is 18. The van der Waals surface area contributed by atoms with Crippen LogP contribution < -0.4 is 5.32 Å². The number of nitrogens with one attached hydrogen (secondary N) is 1. The molecule has 6 heteroatoms. The molecule has 62 heavy (non-hydrogen) atoms. The Labute approximate surface area is 381 Å². The quantitative estimate of drug-likeness (QED) is 0.0246. The Kier molecular flexibility index (Phi) is 45.8. The lowest BCUT2D eigenvalue weighted by Gasteiger charge is -2.24. The zero-order chi connectivity index (χ0) is 45.2. The highest BCUT2D eigenvalue weighted by Gasteiger charge is 2.24. The van der Waals surface area contributed by atoms with Gasteiger partial charge in [0.25, 0.3) is 0 Å². The number of amides is 1. The third-order valence-corrected chi connectivity index (χ3v) is 10.8. The third-order valence-electron chi connectivity index (χ3n) is 10.8. The van der Waals surface area contributed by atoms with E-state index in [-0.39, 0.29) is 24.9 Å². The Balaban J connectivity index is 4.71. The van der Waals surface area contributed by atoms with Crippen molar-refractivity contribution in [2.75, 3.05) is 6.61 Å². The fraction of sp³-hybridized carbons (Fsp3) is 0.643. The SMILES string of the molecule is CC\C=C/C=C/C=C/C=C\C=C\C=C\CCCCCC(=O)OC(CCCC/C=C/C/C=C/C/C=C/CC)CC(=O)NC(CO)C(O)CCCCCCCCCCCCCCCC. The van der Waals surface area contributed by atoms with E-state index in [1.54, 1.807) is 0 Å². The van der Waals surface area contributed by atoms with Gasteiger partial charge in [-0.1, -0.05) is 226 Å². The fourth-order valence-corrected chi connectivity index (χ4v) is 7.00. The Morgan fingerprint density at radius 2 is 0.952 bits per heavy atom. The highest BCUT2D eigenvalue weighted by atomic mass is 16.5. The van der Waals surface area contributed by atoms with Crippen LogP contribution in [0.15, 0.2) is 109 Å². The van der Waals surface area contributed by atoms with E-state index in [4.69, 9.17) is 4.74 Å². The van der Waals surface area contributed by atoms with Gasteiger partial charge < -0.3 is 20.3 Å². The van der Waals surface area contributed by atoms with Crippen LogP contribution >= 0.6 is 0 Å². The van der Waals surface area contributed by atoms with Crippen LogP contribution in [0.4, 0.5) is 0 Å². The Morgan fingerprint density at radius 3 is 1.52 bits per heavy atom. The van der Waals surface area contributed by atoms with Gasteiger partial charge in [-0.2, -0.15) is 0 Å². The number of esters is 1. The maximum Gasteiger partial charge on any atom is 0.306 e. The molecular weight excluding hydrogens is 767 g/mol. The summed E-state index contributed by atoms with van der Waals surface area (Å²) < 4.78 is 5.88. The zero-order valence-corrected chi connectivity index (χ0v) is 40.0. The van der Waals surface area contributed by atoms with E-state index < -0.39 is 18.2 Å². The van der Waals surface area contributed by atoms with Crippen molar-refractivity contribution in [1.82, 2.24) is 5.32 Å². The van der Waals surface area contributed by atoms with E-state index in [0.29, 0.717) is 19.3 Å². The third kappa shape index (κ3) is 43.2. The first kappa shape index (κ1) is 58.5. The first-order valence-electron chi connectivity index (χ1n) is 25.2. The molecule has 0 radical (unpaired) electrons. The van der Waals surface area contributed by atoms with E-state index in [1.807, 2.05) is 54.7 Å². The van der Waals surface area contributed by atoms with Gasteiger partial charge in [-0.3, -0.25) is 9.59 Å². The number of aliphatic hydroxyl groups excluding tert-OH is 2. The van der Waals surface area contributed by atoms with Gasteiger partial charge >= 0.3 is 5.97 Å². The number of ether oxygens (including phenoxy) is 1. The standard InChI is InChI=1S/C56H93NO5/c1-4-7-10-13-16-19-22-25-27-28-29-31-34-37-40-43-46-49-56(61)62-52(47-44-41-38-35-32-24-21-18-15-12-9-6-3)50-55(60)57-53(51-58)54(59)48-45-42-39-36-33-30-26-23-20-17-14-11-8-5-2/h7,9-10,12-13,16,18-19,21-22,25,27-29,31-32,34-35,52-54,58-59H,4-6,8,11,14-15,17,20,23-24,26,30,33,36-51H2,1-3H3,(H,57,60)/b10-7-,12-9+,16-13+,21-18+,22-19+,27-25-,29-28+,34-31+,35-32+. The molecule has 0 aromatic heterocycles. The van der Waals surface area contributed by atoms with Crippen molar-refractivity contribution < 1.29 is 24.5 Å². The maximum absolute atomic E-state index is 13.2.